The van der Waals surface area contributed by atoms with Crippen molar-refractivity contribution in [1.29, 1.82) is 0 Å². The van der Waals surface area contributed by atoms with Crippen molar-refractivity contribution in [1.82, 2.24) is 15.1 Å². The van der Waals surface area contributed by atoms with Crippen LogP contribution in [0.5, 0.6) is 0 Å². The predicted octanol–water partition coefficient (Wildman–Crippen LogP) is 8.47. The molecule has 5 nitrogen and oxygen atoms in total. The van der Waals surface area contributed by atoms with Crippen LogP contribution in [0.1, 0.15) is 66.4 Å². The van der Waals surface area contributed by atoms with Crippen molar-refractivity contribution in [3.8, 4) is 0 Å². The van der Waals surface area contributed by atoms with Gasteiger partial charge in [-0.25, -0.2) is 4.79 Å². The van der Waals surface area contributed by atoms with E-state index < -0.39 is 0 Å². The molecule has 2 fully saturated rings. The van der Waals surface area contributed by atoms with E-state index in [2.05, 4.69) is 74.9 Å². The minimum Gasteiger partial charge on any atom is -0.445 e. The van der Waals surface area contributed by atoms with E-state index in [0.29, 0.717) is 13.1 Å². The highest BCUT2D eigenvalue weighted by Crippen LogP contribution is 2.44. The molecule has 1 amide bonds. The molecule has 2 heterocycles. The van der Waals surface area contributed by atoms with Gasteiger partial charge >= 0.3 is 6.09 Å². The molecular formula is C32H47N3O2S2. The molecule has 1 N–H and O–H groups in total. The molecule has 1 atom stereocenters. The summed E-state index contributed by atoms with van der Waals surface area (Å²) in [5, 5.41) is 4.12. The van der Waals surface area contributed by atoms with E-state index in [1.165, 1.54) is 5.70 Å². The summed E-state index contributed by atoms with van der Waals surface area (Å²) in [7, 11) is 1.56. The maximum absolute atomic E-state index is 12.9. The van der Waals surface area contributed by atoms with Crippen molar-refractivity contribution in [2.45, 2.75) is 78.2 Å². The quantitative estimate of drug-likeness (QED) is 0.243. The monoisotopic (exact) mass is 569 g/mol. The molecule has 0 radical (unpaired) electrons. The molecule has 7 heteroatoms. The van der Waals surface area contributed by atoms with E-state index in [-0.39, 0.29) is 29.4 Å². The largest absolute Gasteiger partial charge is 0.445 e. The molecule has 1 aromatic rings. The molecule has 3 rings (SSSR count). The Hall–Kier alpha value is -2.51. The van der Waals surface area contributed by atoms with Crippen LogP contribution in [0.15, 0.2) is 90.6 Å². The smallest absolute Gasteiger partial charge is 0.410 e. The molecule has 0 bridgehead atoms. The topological polar surface area (TPSA) is 44.8 Å². The van der Waals surface area contributed by atoms with Crippen LogP contribution in [0.3, 0.4) is 0 Å². The van der Waals surface area contributed by atoms with Crippen molar-refractivity contribution < 1.29 is 9.53 Å². The summed E-state index contributed by atoms with van der Waals surface area (Å²) in [5.41, 5.74) is 4.94. The summed E-state index contributed by atoms with van der Waals surface area (Å²) in [6, 6.07) is 9.79. The maximum Gasteiger partial charge on any atom is 0.410 e. The molecule has 0 aromatic heterocycles. The van der Waals surface area contributed by atoms with E-state index in [1.807, 2.05) is 61.2 Å². The van der Waals surface area contributed by atoms with Crippen molar-refractivity contribution in [2.24, 2.45) is 5.92 Å². The second-order valence-electron chi connectivity index (χ2n) is 9.81. The van der Waals surface area contributed by atoms with Crippen LogP contribution < -0.4 is 5.32 Å². The van der Waals surface area contributed by atoms with Crippen molar-refractivity contribution in [2.75, 3.05) is 13.1 Å². The highest BCUT2D eigenvalue weighted by atomic mass is 33.1. The van der Waals surface area contributed by atoms with Gasteiger partial charge in [-0.2, -0.15) is 0 Å². The van der Waals surface area contributed by atoms with Gasteiger partial charge in [0, 0.05) is 29.7 Å². The Morgan fingerprint density at radius 2 is 1.87 bits per heavy atom. The maximum atomic E-state index is 12.9. The second-order valence-corrected chi connectivity index (χ2v) is 11.3. The Bertz CT molecular complexity index is 1050. The molecule has 214 valence electrons. The first-order chi connectivity index (χ1) is 18.8. The zero-order chi connectivity index (χ0) is 29.0. The van der Waals surface area contributed by atoms with Crippen LogP contribution >= 0.6 is 22.5 Å². The highest BCUT2D eigenvalue weighted by molar-refractivity contribution is 8.68. The zero-order valence-electron chi connectivity index (χ0n) is 24.6. The second kappa shape index (κ2) is 15.9. The van der Waals surface area contributed by atoms with Gasteiger partial charge in [0.1, 0.15) is 6.61 Å². The average molecular weight is 570 g/mol. The average Bonchev–Trinajstić information content (AvgIpc) is 2.97. The fourth-order valence-electron chi connectivity index (χ4n) is 4.84. The molecule has 1 aromatic carbocycles. The number of hydrogen-bond donors (Lipinski definition) is 2. The van der Waals surface area contributed by atoms with Gasteiger partial charge in [0.25, 0.3) is 0 Å². The number of nitrogens with zero attached hydrogens (tertiary/aromatic N) is 2. The lowest BCUT2D eigenvalue weighted by molar-refractivity contribution is 0.0739. The molecule has 39 heavy (non-hydrogen) atoms. The SMILES string of the molecule is C=C/C=C1/NC2(CCN(C(=O)OCc3ccccc3)CC2)/C(=C/C(CC)SS)N(C(=C)C(C)C)/C1=C/C.CC. The molecule has 1 spiro atoms. The predicted molar refractivity (Wildman–Crippen MR) is 171 cm³/mol. The summed E-state index contributed by atoms with van der Waals surface area (Å²) in [4.78, 5) is 17.1. The summed E-state index contributed by atoms with van der Waals surface area (Å²) < 4.78 is 5.63. The fraction of sp³-hybridized carbons (Fsp3) is 0.469. The Kier molecular flexibility index (Phi) is 13.4. The van der Waals surface area contributed by atoms with Gasteiger partial charge in [0.05, 0.1) is 16.9 Å². The van der Waals surface area contributed by atoms with Crippen LogP contribution in [-0.2, 0) is 11.3 Å². The lowest BCUT2D eigenvalue weighted by atomic mass is 9.79. The van der Waals surface area contributed by atoms with Crippen LogP contribution in [-0.4, -0.2) is 39.8 Å². The minimum absolute atomic E-state index is 0.247. The van der Waals surface area contributed by atoms with Crippen LogP contribution in [0.2, 0.25) is 0 Å². The lowest BCUT2D eigenvalue weighted by Crippen LogP contribution is -2.61. The van der Waals surface area contributed by atoms with Crippen molar-refractivity contribution >= 4 is 28.5 Å². The Balaban J connectivity index is 0.00000260. The summed E-state index contributed by atoms with van der Waals surface area (Å²) in [6.07, 6.45) is 10.5. The number of benzene rings is 1. The number of hydrogen-bond acceptors (Lipinski definition) is 6. The molecule has 2 saturated heterocycles. The van der Waals surface area contributed by atoms with E-state index in [9.17, 15) is 4.79 Å². The summed E-state index contributed by atoms with van der Waals surface area (Å²) in [5.74, 6) is 0.260. The molecule has 2 aliphatic rings. The van der Waals surface area contributed by atoms with Gasteiger partial charge in [-0.1, -0.05) is 101 Å². The summed E-state index contributed by atoms with van der Waals surface area (Å²) >= 11 is 4.56. The van der Waals surface area contributed by atoms with Crippen LogP contribution in [0, 0.1) is 5.92 Å². The third-order valence-electron chi connectivity index (χ3n) is 7.10. The molecule has 1 unspecified atom stereocenters. The van der Waals surface area contributed by atoms with Gasteiger partial charge in [-0.3, -0.25) is 0 Å². The third-order valence-corrected chi connectivity index (χ3v) is 8.65. The van der Waals surface area contributed by atoms with E-state index >= 15 is 0 Å². The van der Waals surface area contributed by atoms with E-state index in [4.69, 9.17) is 4.74 Å². The number of thiol groups is 1. The fourth-order valence-corrected chi connectivity index (χ4v) is 5.81. The standard InChI is InChI=1S/C30H41N3O2S2.C2H6/c1-7-13-26-27(9-3)33(23(6)22(4)5)28(20-25(8-2)37-36)30(31-26)16-18-32(19-17-30)29(34)35-21-24-14-11-10-12-15-24;1-2/h7,9-15,20,22,25,31,36H,1,6,8,16-19,21H2,2-5H3;1-2H3/b26-13+,27-9+,28-20-;. The number of amides is 1. The minimum atomic E-state index is -0.355. The highest BCUT2D eigenvalue weighted by Gasteiger charge is 2.47. The number of piperidine rings is 1. The van der Waals surface area contributed by atoms with Gasteiger partial charge in [-0.15, -0.1) is 11.7 Å². The molecule has 2 aliphatic heterocycles. The van der Waals surface area contributed by atoms with Crippen LogP contribution in [0.25, 0.3) is 0 Å². The normalized spacial score (nSPS) is 20.5. The van der Waals surface area contributed by atoms with Gasteiger partial charge in [0.2, 0.25) is 0 Å². The van der Waals surface area contributed by atoms with E-state index in [0.717, 1.165) is 41.9 Å². The van der Waals surface area contributed by atoms with Gasteiger partial charge in [-0.05, 0) is 49.8 Å². The lowest BCUT2D eigenvalue weighted by Gasteiger charge is -2.53. The number of carbonyl (C=O) groups excluding carboxylic acids is 1. The number of piperazine rings is 1. The van der Waals surface area contributed by atoms with Crippen molar-refractivity contribution in [3.05, 3.63) is 96.1 Å². The first kappa shape index (κ1) is 32.7. The molecule has 0 saturated carbocycles. The number of ether oxygens (including phenoxy) is 1. The zero-order valence-corrected chi connectivity index (χ0v) is 26.3. The first-order valence-corrected chi connectivity index (χ1v) is 16.0. The molecule has 0 aliphatic carbocycles. The van der Waals surface area contributed by atoms with E-state index in [1.54, 1.807) is 10.8 Å². The third kappa shape index (κ3) is 8.01. The van der Waals surface area contributed by atoms with Crippen molar-refractivity contribution in [3.63, 3.8) is 0 Å². The Labute approximate surface area is 245 Å². The first-order valence-electron chi connectivity index (χ1n) is 14.0. The number of likely N-dealkylation sites (tertiary alicyclic amines) is 1. The molecular weight excluding hydrogens is 523 g/mol. The Morgan fingerprint density at radius 1 is 1.23 bits per heavy atom. The number of rotatable bonds is 8. The van der Waals surface area contributed by atoms with Gasteiger partial charge in [0.15, 0.2) is 0 Å². The number of carbonyl (C=O) groups is 1. The van der Waals surface area contributed by atoms with Crippen LogP contribution in [0.4, 0.5) is 4.79 Å². The summed E-state index contributed by atoms with van der Waals surface area (Å²) in [6.45, 7) is 22.5. The Morgan fingerprint density at radius 3 is 2.38 bits per heavy atom. The van der Waals surface area contributed by atoms with Gasteiger partial charge < -0.3 is 19.9 Å². The number of nitrogens with one attached hydrogen (secondary N) is 1. The number of allylic oxidation sites excluding steroid dienone is 4.